The van der Waals surface area contributed by atoms with Gasteiger partial charge in [0.25, 0.3) is 0 Å². The molecule has 7 heteroatoms. The Labute approximate surface area is 222 Å². The second-order valence-electron chi connectivity index (χ2n) is 9.24. The van der Waals surface area contributed by atoms with Gasteiger partial charge in [-0.3, -0.25) is 4.79 Å². The van der Waals surface area contributed by atoms with Crippen molar-refractivity contribution in [2.24, 2.45) is 10.8 Å². The molecule has 4 aliphatic carbocycles. The largest absolute Gasteiger partial charge is 0.495 e. The van der Waals surface area contributed by atoms with Gasteiger partial charge in [-0.2, -0.15) is 0 Å². The van der Waals surface area contributed by atoms with Gasteiger partial charge < -0.3 is 9.47 Å². The van der Waals surface area contributed by atoms with Gasteiger partial charge in [-0.05, 0) is 63.5 Å². The number of halogens is 4. The van der Waals surface area contributed by atoms with Crippen molar-refractivity contribution in [3.05, 3.63) is 69.2 Å². The van der Waals surface area contributed by atoms with Gasteiger partial charge >= 0.3 is 0 Å². The first-order valence-electron chi connectivity index (χ1n) is 11.8. The molecule has 34 heavy (non-hydrogen) atoms. The predicted octanol–water partition coefficient (Wildman–Crippen LogP) is 8.08. The smallest absolute Gasteiger partial charge is 0.164 e. The summed E-state index contributed by atoms with van der Waals surface area (Å²) in [5.41, 5.74) is -0.366. The summed E-state index contributed by atoms with van der Waals surface area (Å²) in [7, 11) is 3.09. The molecule has 0 aromatic rings. The van der Waals surface area contributed by atoms with E-state index < -0.39 is 21.6 Å². The Hall–Kier alpha value is -1.13. The predicted molar refractivity (Wildman–Crippen MR) is 140 cm³/mol. The zero-order valence-corrected chi connectivity index (χ0v) is 22.5. The number of methoxy groups -OCH3 is 2. The highest BCUT2D eigenvalue weighted by molar-refractivity contribution is 6.41. The third-order valence-corrected chi connectivity index (χ3v) is 9.70. The minimum atomic E-state index is -1.17. The summed E-state index contributed by atoms with van der Waals surface area (Å²) in [6.07, 6.45) is 19.1. The molecule has 0 spiro atoms. The molecule has 0 saturated carbocycles. The van der Waals surface area contributed by atoms with Crippen LogP contribution in [0.3, 0.4) is 0 Å². The fraction of sp³-hybridized carbons (Fsp3) is 0.519. The summed E-state index contributed by atoms with van der Waals surface area (Å²) < 4.78 is 10.9. The number of allylic oxidation sites excluding steroid dienone is 10. The molecule has 4 rings (SSSR count). The zero-order chi connectivity index (χ0) is 24.5. The molecule has 0 saturated heterocycles. The Balaban J connectivity index is 1.95. The fourth-order valence-electron chi connectivity index (χ4n) is 5.71. The number of Topliss-reactive ketones (excluding diaryl/α,β-unsaturated/α-hetero) is 1. The van der Waals surface area contributed by atoms with E-state index in [9.17, 15) is 0 Å². The van der Waals surface area contributed by atoms with E-state index in [0.717, 1.165) is 62.5 Å². The van der Waals surface area contributed by atoms with E-state index in [1.807, 2.05) is 12.2 Å². The normalized spacial score (nSPS) is 34.1. The summed E-state index contributed by atoms with van der Waals surface area (Å²) in [4.78, 5) is 15.1. The first-order chi connectivity index (χ1) is 16.3. The van der Waals surface area contributed by atoms with Crippen LogP contribution in [0.1, 0.15) is 51.4 Å². The van der Waals surface area contributed by atoms with E-state index in [1.54, 1.807) is 26.4 Å². The molecule has 0 fully saturated rings. The molecular formula is C27H30Cl4O3. The highest BCUT2D eigenvalue weighted by Gasteiger charge is 2.60. The number of hydrogen-bond acceptors (Lipinski definition) is 3. The summed E-state index contributed by atoms with van der Waals surface area (Å²) in [6, 6.07) is 0. The molecule has 0 aromatic carbocycles. The van der Waals surface area contributed by atoms with E-state index >= 15 is 4.79 Å². The Morgan fingerprint density at radius 1 is 0.794 bits per heavy atom. The summed E-state index contributed by atoms with van der Waals surface area (Å²) in [5, 5.41) is -0.999. The summed E-state index contributed by atoms with van der Waals surface area (Å²) in [6.45, 7) is 0. The number of alkyl halides is 2. The van der Waals surface area contributed by atoms with Crippen LogP contribution in [0.15, 0.2) is 69.2 Å². The number of carbonyl (C=O) groups is 1. The minimum absolute atomic E-state index is 0.101. The second-order valence-corrected chi connectivity index (χ2v) is 10.9. The molecule has 0 radical (unpaired) electrons. The fourth-order valence-corrected chi connectivity index (χ4v) is 7.17. The molecule has 0 aromatic heterocycles. The van der Waals surface area contributed by atoms with Gasteiger partial charge in [0.05, 0.1) is 45.9 Å². The third kappa shape index (κ3) is 4.01. The molecule has 184 valence electrons. The van der Waals surface area contributed by atoms with E-state index in [4.69, 9.17) is 55.9 Å². The van der Waals surface area contributed by atoms with Crippen molar-refractivity contribution < 1.29 is 14.3 Å². The average Bonchev–Trinajstić information content (AvgIpc) is 2.88. The van der Waals surface area contributed by atoms with E-state index in [1.165, 1.54) is 0 Å². The monoisotopic (exact) mass is 542 g/mol. The lowest BCUT2D eigenvalue weighted by Crippen LogP contribution is -2.54. The van der Waals surface area contributed by atoms with Crippen LogP contribution in [0.25, 0.3) is 0 Å². The van der Waals surface area contributed by atoms with E-state index in [2.05, 4.69) is 12.2 Å². The van der Waals surface area contributed by atoms with Crippen molar-refractivity contribution >= 4 is 52.2 Å². The molecule has 0 heterocycles. The Bertz CT molecular complexity index is 954. The molecule has 0 bridgehead atoms. The SMILES string of the molecule is COC1=C(Cl)C(Cl)C(C(=O)C2(C3=CCCCC3)C=CC(OC)=C(Cl)C2Cl)(C2=CCCCC2)C=C1. The highest BCUT2D eigenvalue weighted by atomic mass is 35.5. The van der Waals surface area contributed by atoms with Crippen molar-refractivity contribution in [1.82, 2.24) is 0 Å². The maximum absolute atomic E-state index is 15.1. The van der Waals surface area contributed by atoms with Crippen LogP contribution in [0.5, 0.6) is 0 Å². The lowest BCUT2D eigenvalue weighted by molar-refractivity contribution is -0.131. The van der Waals surface area contributed by atoms with E-state index in [0.29, 0.717) is 21.6 Å². The summed E-state index contributed by atoms with van der Waals surface area (Å²) in [5.74, 6) is 0.831. The molecule has 0 amide bonds. The van der Waals surface area contributed by atoms with Gasteiger partial charge in [0, 0.05) is 0 Å². The molecule has 4 unspecified atom stereocenters. The number of ketones is 1. The summed E-state index contributed by atoms with van der Waals surface area (Å²) >= 11 is 27.7. The van der Waals surface area contributed by atoms with Gasteiger partial charge in [0.2, 0.25) is 0 Å². The van der Waals surface area contributed by atoms with Crippen molar-refractivity contribution in [3.8, 4) is 0 Å². The Morgan fingerprint density at radius 2 is 1.21 bits per heavy atom. The lowest BCUT2D eigenvalue weighted by Gasteiger charge is -2.48. The molecule has 3 nitrogen and oxygen atoms in total. The molecular weight excluding hydrogens is 514 g/mol. The van der Waals surface area contributed by atoms with Crippen LogP contribution in [0, 0.1) is 10.8 Å². The van der Waals surface area contributed by atoms with Crippen LogP contribution >= 0.6 is 46.4 Å². The molecule has 4 atom stereocenters. The maximum atomic E-state index is 15.1. The van der Waals surface area contributed by atoms with Crippen molar-refractivity contribution in [2.75, 3.05) is 14.2 Å². The average molecular weight is 544 g/mol. The van der Waals surface area contributed by atoms with Gasteiger partial charge in [-0.25, -0.2) is 0 Å². The third-order valence-electron chi connectivity index (χ3n) is 7.55. The maximum Gasteiger partial charge on any atom is 0.164 e. The van der Waals surface area contributed by atoms with Crippen LogP contribution in [0.2, 0.25) is 0 Å². The Morgan fingerprint density at radius 3 is 1.53 bits per heavy atom. The van der Waals surface area contributed by atoms with Crippen molar-refractivity contribution in [1.29, 1.82) is 0 Å². The Kier molecular flexibility index (Phi) is 7.99. The van der Waals surface area contributed by atoms with E-state index in [-0.39, 0.29) is 5.78 Å². The second kappa shape index (κ2) is 10.5. The first kappa shape index (κ1) is 25.9. The quantitative estimate of drug-likeness (QED) is 0.251. The van der Waals surface area contributed by atoms with Gasteiger partial charge in [-0.1, -0.05) is 58.7 Å². The topological polar surface area (TPSA) is 35.5 Å². The van der Waals surface area contributed by atoms with Gasteiger partial charge in [0.15, 0.2) is 5.78 Å². The highest BCUT2D eigenvalue weighted by Crippen LogP contribution is 2.58. The van der Waals surface area contributed by atoms with Crippen LogP contribution in [0.4, 0.5) is 0 Å². The standard InChI is InChI=1S/C27H30Cl4O3/c1-33-19-13-15-26(23(30)21(19)28,17-9-5-3-6-10-17)25(32)27(18-11-7-4-8-12-18)16-14-20(34-2)22(29)24(27)31/h9,11,13-16,23-24H,3-8,10,12H2,1-2H3. The van der Waals surface area contributed by atoms with Crippen molar-refractivity contribution in [3.63, 3.8) is 0 Å². The number of ether oxygens (including phenoxy) is 2. The van der Waals surface area contributed by atoms with Crippen LogP contribution in [-0.2, 0) is 14.3 Å². The molecule has 0 aliphatic heterocycles. The van der Waals surface area contributed by atoms with Crippen molar-refractivity contribution in [2.45, 2.75) is 62.1 Å². The number of hydrogen-bond donors (Lipinski definition) is 0. The minimum Gasteiger partial charge on any atom is -0.495 e. The van der Waals surface area contributed by atoms with Gasteiger partial charge in [-0.15, -0.1) is 23.2 Å². The van der Waals surface area contributed by atoms with Crippen LogP contribution < -0.4 is 0 Å². The number of carbonyl (C=O) groups excluding carboxylic acids is 1. The first-order valence-corrected chi connectivity index (χ1v) is 13.4. The zero-order valence-electron chi connectivity index (χ0n) is 19.5. The lowest BCUT2D eigenvalue weighted by atomic mass is 9.56. The molecule has 4 aliphatic rings. The van der Waals surface area contributed by atoms with Gasteiger partial charge in [0.1, 0.15) is 11.5 Å². The molecule has 0 N–H and O–H groups in total. The number of rotatable bonds is 6. The van der Waals surface area contributed by atoms with Crippen LogP contribution in [-0.4, -0.2) is 30.8 Å².